The highest BCUT2D eigenvalue weighted by Gasteiger charge is 2.20. The van der Waals surface area contributed by atoms with Gasteiger partial charge in [-0.15, -0.1) is 5.10 Å². The molecule has 26 heavy (non-hydrogen) atoms. The monoisotopic (exact) mass is 373 g/mol. The molecule has 1 aromatic carbocycles. The first kappa shape index (κ1) is 18.5. The fourth-order valence-corrected chi connectivity index (χ4v) is 3.54. The predicted molar refractivity (Wildman–Crippen MR) is 106 cm³/mol. The van der Waals surface area contributed by atoms with E-state index in [9.17, 15) is 4.79 Å². The molecule has 2 heterocycles. The van der Waals surface area contributed by atoms with Crippen molar-refractivity contribution in [1.82, 2.24) is 14.2 Å². The van der Waals surface area contributed by atoms with Gasteiger partial charge < -0.3 is 4.74 Å². The van der Waals surface area contributed by atoms with Gasteiger partial charge in [0.1, 0.15) is 11.3 Å². The van der Waals surface area contributed by atoms with Crippen LogP contribution in [0.25, 0.3) is 16.9 Å². The number of aryl methyl sites for hydroxylation is 2. The van der Waals surface area contributed by atoms with Crippen LogP contribution in [0, 0.1) is 13.8 Å². The van der Waals surface area contributed by atoms with Gasteiger partial charge in [0.15, 0.2) is 5.82 Å². The highest BCUT2D eigenvalue weighted by molar-refractivity contribution is 6.33. The zero-order valence-electron chi connectivity index (χ0n) is 16.1. The fraction of sp³-hybridized carbons (Fsp3) is 0.400. The van der Waals surface area contributed by atoms with Gasteiger partial charge in [-0.05, 0) is 55.5 Å². The molecule has 0 saturated carbocycles. The minimum absolute atomic E-state index is 0.0667. The van der Waals surface area contributed by atoms with Crippen LogP contribution in [0.2, 0.25) is 5.02 Å². The van der Waals surface area contributed by atoms with Crippen molar-refractivity contribution in [2.45, 2.75) is 40.0 Å². The van der Waals surface area contributed by atoms with Crippen molar-refractivity contribution in [2.24, 2.45) is 7.05 Å². The number of aromatic nitrogens is 3. The molecule has 5 nitrogen and oxygen atoms in total. The zero-order chi connectivity index (χ0) is 19.2. The quantitative estimate of drug-likeness (QED) is 0.676. The lowest BCUT2D eigenvalue weighted by Crippen LogP contribution is -2.24. The van der Waals surface area contributed by atoms with Crippen LogP contribution >= 0.6 is 11.6 Å². The summed E-state index contributed by atoms with van der Waals surface area (Å²) < 4.78 is 8.65. The van der Waals surface area contributed by atoms with E-state index in [2.05, 4.69) is 19.9 Å². The molecule has 0 N–H and O–H groups in total. The number of rotatable bonds is 4. The number of ether oxygens (including phenoxy) is 1. The van der Waals surface area contributed by atoms with Crippen molar-refractivity contribution in [2.75, 3.05) is 7.11 Å². The molecular weight excluding hydrogens is 350 g/mol. The SMILES string of the molecule is CCC(C)c1cc(C)n2nc(-c3cc(C)c(OC)cc3Cl)n(C)c(=O)c12. The summed E-state index contributed by atoms with van der Waals surface area (Å²) in [5.41, 5.74) is 4.21. The lowest BCUT2D eigenvalue weighted by Gasteiger charge is -2.14. The minimum Gasteiger partial charge on any atom is -0.496 e. The second kappa shape index (κ2) is 6.80. The van der Waals surface area contributed by atoms with Crippen molar-refractivity contribution in [3.05, 3.63) is 50.4 Å². The highest BCUT2D eigenvalue weighted by atomic mass is 35.5. The van der Waals surface area contributed by atoms with E-state index in [1.807, 2.05) is 19.9 Å². The van der Waals surface area contributed by atoms with E-state index >= 15 is 0 Å². The fourth-order valence-electron chi connectivity index (χ4n) is 3.30. The van der Waals surface area contributed by atoms with E-state index in [-0.39, 0.29) is 5.56 Å². The van der Waals surface area contributed by atoms with Crippen LogP contribution < -0.4 is 10.3 Å². The Bertz CT molecular complexity index is 1050. The Hall–Kier alpha value is -2.27. The average Bonchev–Trinajstić information content (AvgIpc) is 2.95. The van der Waals surface area contributed by atoms with E-state index < -0.39 is 0 Å². The molecule has 0 aliphatic heterocycles. The molecule has 0 aliphatic carbocycles. The third kappa shape index (κ3) is 2.80. The standard InChI is InChI=1S/C20H24ClN3O2/c1-7-11(2)14-9-13(4)24-18(14)20(25)23(5)19(22-24)15-8-12(3)17(26-6)10-16(15)21/h8-11H,7H2,1-6H3. The van der Waals surface area contributed by atoms with Crippen LogP contribution in [-0.2, 0) is 7.05 Å². The summed E-state index contributed by atoms with van der Waals surface area (Å²) in [7, 11) is 3.35. The summed E-state index contributed by atoms with van der Waals surface area (Å²) in [6.07, 6.45) is 0.966. The number of hydrogen-bond acceptors (Lipinski definition) is 3. The van der Waals surface area contributed by atoms with Crippen LogP contribution in [0.15, 0.2) is 23.0 Å². The number of hydrogen-bond donors (Lipinski definition) is 0. The third-order valence-corrected chi connectivity index (χ3v) is 5.38. The molecule has 0 aliphatic rings. The maximum absolute atomic E-state index is 13.1. The second-order valence-electron chi connectivity index (χ2n) is 6.80. The average molecular weight is 374 g/mol. The zero-order valence-corrected chi connectivity index (χ0v) is 16.8. The topological polar surface area (TPSA) is 48.5 Å². The molecule has 1 atom stereocenters. The van der Waals surface area contributed by atoms with E-state index in [1.165, 1.54) is 0 Å². The highest BCUT2D eigenvalue weighted by Crippen LogP contribution is 2.33. The van der Waals surface area contributed by atoms with Crippen LogP contribution in [-0.4, -0.2) is 21.3 Å². The van der Waals surface area contributed by atoms with Crippen LogP contribution in [0.1, 0.15) is 43.0 Å². The van der Waals surface area contributed by atoms with Crippen molar-refractivity contribution in [3.8, 4) is 17.1 Å². The summed E-state index contributed by atoms with van der Waals surface area (Å²) in [5.74, 6) is 1.54. The first-order valence-corrected chi connectivity index (χ1v) is 9.11. The Labute approximate surface area is 158 Å². The normalized spacial score (nSPS) is 12.6. The molecule has 1 unspecified atom stereocenters. The summed E-state index contributed by atoms with van der Waals surface area (Å²) in [5, 5.41) is 5.26. The predicted octanol–water partition coefficient (Wildman–Crippen LogP) is 4.49. The Morgan fingerprint density at radius 3 is 2.58 bits per heavy atom. The van der Waals surface area contributed by atoms with Gasteiger partial charge in [0.05, 0.1) is 12.1 Å². The van der Waals surface area contributed by atoms with Crippen molar-refractivity contribution in [3.63, 3.8) is 0 Å². The molecule has 138 valence electrons. The van der Waals surface area contributed by atoms with Crippen molar-refractivity contribution >= 4 is 17.1 Å². The maximum Gasteiger partial charge on any atom is 0.278 e. The van der Waals surface area contributed by atoms with E-state index in [4.69, 9.17) is 21.4 Å². The molecule has 3 aromatic rings. The lowest BCUT2D eigenvalue weighted by atomic mass is 10.00. The Morgan fingerprint density at radius 2 is 1.96 bits per heavy atom. The lowest BCUT2D eigenvalue weighted by molar-refractivity contribution is 0.412. The van der Waals surface area contributed by atoms with Crippen LogP contribution in [0.3, 0.4) is 0 Å². The summed E-state index contributed by atoms with van der Waals surface area (Å²) >= 11 is 6.46. The summed E-state index contributed by atoms with van der Waals surface area (Å²) in [6, 6.07) is 5.72. The van der Waals surface area contributed by atoms with Gasteiger partial charge in [0.2, 0.25) is 0 Å². The number of fused-ring (bicyclic) bond motifs is 1. The molecule has 0 amide bonds. The molecule has 3 rings (SSSR count). The van der Waals surface area contributed by atoms with Gasteiger partial charge >= 0.3 is 0 Å². The van der Waals surface area contributed by atoms with E-state index in [0.29, 0.717) is 33.6 Å². The molecule has 0 saturated heterocycles. The van der Waals surface area contributed by atoms with Crippen LogP contribution in [0.5, 0.6) is 5.75 Å². The first-order valence-electron chi connectivity index (χ1n) is 8.73. The number of halogens is 1. The molecule has 2 aromatic heterocycles. The molecule has 6 heteroatoms. The summed E-state index contributed by atoms with van der Waals surface area (Å²) in [4.78, 5) is 13.1. The van der Waals surface area contributed by atoms with Gasteiger partial charge in [-0.2, -0.15) is 0 Å². The third-order valence-electron chi connectivity index (χ3n) is 5.07. The summed E-state index contributed by atoms with van der Waals surface area (Å²) in [6.45, 7) is 8.16. The molecular formula is C20H24ClN3O2. The van der Waals surface area contributed by atoms with Gasteiger partial charge in [0.25, 0.3) is 5.56 Å². The van der Waals surface area contributed by atoms with Gasteiger partial charge in [-0.25, -0.2) is 4.52 Å². The smallest absolute Gasteiger partial charge is 0.278 e. The largest absolute Gasteiger partial charge is 0.496 e. The van der Waals surface area contributed by atoms with Gasteiger partial charge in [-0.1, -0.05) is 25.4 Å². The van der Waals surface area contributed by atoms with Gasteiger partial charge in [0, 0.05) is 18.3 Å². The number of nitrogens with zero attached hydrogens (tertiary/aromatic N) is 3. The second-order valence-corrected chi connectivity index (χ2v) is 7.21. The Morgan fingerprint density at radius 1 is 1.27 bits per heavy atom. The minimum atomic E-state index is -0.0667. The molecule has 0 fully saturated rings. The van der Waals surface area contributed by atoms with Crippen molar-refractivity contribution < 1.29 is 4.74 Å². The van der Waals surface area contributed by atoms with Crippen LogP contribution in [0.4, 0.5) is 0 Å². The Balaban J connectivity index is 2.34. The number of benzene rings is 1. The van der Waals surface area contributed by atoms with Gasteiger partial charge in [-0.3, -0.25) is 9.36 Å². The maximum atomic E-state index is 13.1. The molecule has 0 spiro atoms. The van der Waals surface area contributed by atoms with E-state index in [0.717, 1.165) is 23.2 Å². The van der Waals surface area contributed by atoms with Crippen molar-refractivity contribution in [1.29, 1.82) is 0 Å². The first-order chi connectivity index (χ1) is 12.3. The number of methoxy groups -OCH3 is 1. The molecule has 0 radical (unpaired) electrons. The Kier molecular flexibility index (Phi) is 4.84. The molecule has 0 bridgehead atoms. The van der Waals surface area contributed by atoms with E-state index in [1.54, 1.807) is 29.3 Å².